The lowest BCUT2D eigenvalue weighted by Crippen LogP contribution is -2.38. The summed E-state index contributed by atoms with van der Waals surface area (Å²) in [6, 6.07) is 10.9. The maximum absolute atomic E-state index is 13.2. The molecule has 1 fully saturated rings. The molecule has 4 aromatic rings. The van der Waals surface area contributed by atoms with Crippen LogP contribution in [-0.4, -0.2) is 45.4 Å². The molecule has 29 heavy (non-hydrogen) atoms. The fraction of sp³-hybridized carbons (Fsp3) is 0.286. The third-order valence-corrected chi connectivity index (χ3v) is 7.66. The van der Waals surface area contributed by atoms with E-state index in [0.29, 0.717) is 23.9 Å². The van der Waals surface area contributed by atoms with Crippen LogP contribution in [0.15, 0.2) is 60.0 Å². The Labute approximate surface area is 169 Å². The molecule has 148 valence electrons. The van der Waals surface area contributed by atoms with Crippen molar-refractivity contribution in [2.24, 2.45) is 0 Å². The van der Waals surface area contributed by atoms with Crippen molar-refractivity contribution < 1.29 is 8.42 Å². The molecule has 0 bridgehead atoms. The number of nitrogens with zero attached hydrogens (tertiary/aromatic N) is 5. The Bertz CT molecular complexity index is 1310. The Morgan fingerprint density at radius 3 is 2.72 bits per heavy atom. The van der Waals surface area contributed by atoms with Crippen LogP contribution >= 0.6 is 0 Å². The van der Waals surface area contributed by atoms with Gasteiger partial charge in [-0.05, 0) is 67.1 Å². The standard InChI is InChI=1S/C21H21N5O2S/c1-15-11-21-23-14-24-26(21)13-19(15)16-6-9-25(10-7-16)29(27,28)18-4-5-20-17(12-18)3-2-8-22-20/h2-5,8,11-14,16H,6-7,9-10H2,1H3. The summed E-state index contributed by atoms with van der Waals surface area (Å²) in [6.45, 7) is 3.09. The van der Waals surface area contributed by atoms with Crippen molar-refractivity contribution >= 4 is 26.6 Å². The zero-order valence-electron chi connectivity index (χ0n) is 16.1. The SMILES string of the molecule is Cc1cc2ncnn2cc1C1CCN(S(=O)(=O)c2ccc3ncccc3c2)CC1. The lowest BCUT2D eigenvalue weighted by Gasteiger charge is -2.32. The molecular formula is C21H21N5O2S. The molecule has 1 saturated heterocycles. The van der Waals surface area contributed by atoms with Gasteiger partial charge in [0.25, 0.3) is 0 Å². The van der Waals surface area contributed by atoms with Gasteiger partial charge in [0.2, 0.25) is 10.0 Å². The largest absolute Gasteiger partial charge is 0.256 e. The van der Waals surface area contributed by atoms with Gasteiger partial charge in [0.15, 0.2) is 5.65 Å². The minimum atomic E-state index is -3.52. The van der Waals surface area contributed by atoms with Gasteiger partial charge in [-0.2, -0.15) is 9.40 Å². The van der Waals surface area contributed by atoms with Crippen LogP contribution < -0.4 is 0 Å². The summed E-state index contributed by atoms with van der Waals surface area (Å²) in [5.41, 5.74) is 4.02. The van der Waals surface area contributed by atoms with Crippen LogP contribution in [0.4, 0.5) is 0 Å². The van der Waals surface area contributed by atoms with Crippen molar-refractivity contribution in [2.45, 2.75) is 30.6 Å². The maximum atomic E-state index is 13.2. The average molecular weight is 407 g/mol. The van der Waals surface area contributed by atoms with Gasteiger partial charge in [-0.25, -0.2) is 17.9 Å². The zero-order chi connectivity index (χ0) is 20.0. The minimum absolute atomic E-state index is 0.316. The molecule has 0 unspecified atom stereocenters. The Morgan fingerprint density at radius 2 is 1.90 bits per heavy atom. The molecule has 5 rings (SSSR count). The van der Waals surface area contributed by atoms with Crippen LogP contribution in [0.25, 0.3) is 16.6 Å². The van der Waals surface area contributed by atoms with Gasteiger partial charge in [-0.15, -0.1) is 0 Å². The molecule has 0 N–H and O–H groups in total. The molecule has 8 heteroatoms. The van der Waals surface area contributed by atoms with Gasteiger partial charge in [-0.1, -0.05) is 6.07 Å². The highest BCUT2D eigenvalue weighted by atomic mass is 32.2. The molecule has 0 aliphatic carbocycles. The molecule has 3 aromatic heterocycles. The lowest BCUT2D eigenvalue weighted by atomic mass is 9.89. The van der Waals surface area contributed by atoms with Crippen LogP contribution in [0, 0.1) is 6.92 Å². The number of aromatic nitrogens is 4. The fourth-order valence-electron chi connectivity index (χ4n) is 4.17. The second kappa shape index (κ2) is 6.89. The highest BCUT2D eigenvalue weighted by Crippen LogP contribution is 2.33. The van der Waals surface area contributed by atoms with Crippen LogP contribution in [0.5, 0.6) is 0 Å². The smallest absolute Gasteiger partial charge is 0.243 e. The van der Waals surface area contributed by atoms with E-state index in [1.807, 2.05) is 24.4 Å². The highest BCUT2D eigenvalue weighted by molar-refractivity contribution is 7.89. The van der Waals surface area contributed by atoms with Gasteiger partial charge < -0.3 is 0 Å². The molecule has 1 aliphatic rings. The van der Waals surface area contributed by atoms with Gasteiger partial charge in [0.05, 0.1) is 10.4 Å². The minimum Gasteiger partial charge on any atom is -0.256 e. The van der Waals surface area contributed by atoms with Crippen molar-refractivity contribution in [3.8, 4) is 0 Å². The van der Waals surface area contributed by atoms with Crippen LogP contribution in [0.2, 0.25) is 0 Å². The molecule has 1 aromatic carbocycles. The summed E-state index contributed by atoms with van der Waals surface area (Å²) < 4.78 is 29.7. The first-order valence-electron chi connectivity index (χ1n) is 9.67. The van der Waals surface area contributed by atoms with E-state index in [1.165, 1.54) is 11.1 Å². The van der Waals surface area contributed by atoms with E-state index in [9.17, 15) is 8.42 Å². The van der Waals surface area contributed by atoms with Crippen LogP contribution in [0.3, 0.4) is 0 Å². The van der Waals surface area contributed by atoms with E-state index in [4.69, 9.17) is 0 Å². The molecule has 7 nitrogen and oxygen atoms in total. The summed E-state index contributed by atoms with van der Waals surface area (Å²) >= 11 is 0. The molecule has 0 spiro atoms. The lowest BCUT2D eigenvalue weighted by molar-refractivity contribution is 0.318. The normalized spacial score (nSPS) is 16.6. The third-order valence-electron chi connectivity index (χ3n) is 5.77. The number of pyridine rings is 2. The molecule has 0 atom stereocenters. The monoisotopic (exact) mass is 407 g/mol. The van der Waals surface area contributed by atoms with Crippen LogP contribution in [0.1, 0.15) is 29.9 Å². The van der Waals surface area contributed by atoms with Gasteiger partial charge >= 0.3 is 0 Å². The predicted molar refractivity (Wildman–Crippen MR) is 110 cm³/mol. The summed E-state index contributed by atoms with van der Waals surface area (Å²) in [7, 11) is -3.52. The zero-order valence-corrected chi connectivity index (χ0v) is 16.9. The van der Waals surface area contributed by atoms with Crippen molar-refractivity contribution in [3.05, 3.63) is 66.2 Å². The number of sulfonamides is 1. The Hall–Kier alpha value is -2.84. The van der Waals surface area contributed by atoms with Crippen molar-refractivity contribution in [2.75, 3.05) is 13.1 Å². The highest BCUT2D eigenvalue weighted by Gasteiger charge is 2.30. The van der Waals surface area contributed by atoms with Crippen molar-refractivity contribution in [1.29, 1.82) is 0 Å². The second-order valence-electron chi connectivity index (χ2n) is 7.51. The summed E-state index contributed by atoms with van der Waals surface area (Å²) in [5.74, 6) is 0.316. The van der Waals surface area contributed by atoms with E-state index >= 15 is 0 Å². The number of aryl methyl sites for hydroxylation is 1. The van der Waals surface area contributed by atoms with E-state index in [-0.39, 0.29) is 0 Å². The number of rotatable bonds is 3. The number of benzene rings is 1. The van der Waals surface area contributed by atoms with Gasteiger partial charge in [0, 0.05) is 30.9 Å². The van der Waals surface area contributed by atoms with E-state index < -0.39 is 10.0 Å². The predicted octanol–water partition coefficient (Wildman–Crippen LogP) is 3.15. The van der Waals surface area contributed by atoms with Crippen molar-refractivity contribution in [3.63, 3.8) is 0 Å². The van der Waals surface area contributed by atoms with Crippen LogP contribution in [-0.2, 0) is 10.0 Å². The summed E-state index contributed by atoms with van der Waals surface area (Å²) in [5, 5.41) is 5.06. The van der Waals surface area contributed by atoms with Gasteiger partial charge in [-0.3, -0.25) is 4.98 Å². The summed E-state index contributed by atoms with van der Waals surface area (Å²) in [6.07, 6.45) is 6.86. The summed E-state index contributed by atoms with van der Waals surface area (Å²) in [4.78, 5) is 8.82. The maximum Gasteiger partial charge on any atom is 0.243 e. The van der Waals surface area contributed by atoms with Gasteiger partial charge in [0.1, 0.15) is 6.33 Å². The topological polar surface area (TPSA) is 80.5 Å². The number of fused-ring (bicyclic) bond motifs is 2. The van der Waals surface area contributed by atoms with E-state index in [1.54, 1.807) is 39.5 Å². The first kappa shape index (κ1) is 18.2. The van der Waals surface area contributed by atoms with E-state index in [0.717, 1.165) is 29.4 Å². The first-order valence-corrected chi connectivity index (χ1v) is 11.1. The fourth-order valence-corrected chi connectivity index (χ4v) is 5.68. The Balaban J connectivity index is 1.37. The Kier molecular flexibility index (Phi) is 4.33. The average Bonchev–Trinajstić information content (AvgIpc) is 3.20. The molecule has 0 radical (unpaired) electrons. The van der Waals surface area contributed by atoms with Crippen molar-refractivity contribution in [1.82, 2.24) is 23.9 Å². The number of hydrogen-bond acceptors (Lipinski definition) is 5. The first-order chi connectivity index (χ1) is 14.0. The molecule has 4 heterocycles. The molecule has 0 amide bonds. The second-order valence-corrected chi connectivity index (χ2v) is 9.45. The quantitative estimate of drug-likeness (QED) is 0.521. The van der Waals surface area contributed by atoms with E-state index in [2.05, 4.69) is 22.0 Å². The Morgan fingerprint density at radius 1 is 1.07 bits per heavy atom. The number of hydrogen-bond donors (Lipinski definition) is 0. The molecular weight excluding hydrogens is 386 g/mol. The molecule has 1 aliphatic heterocycles. The third kappa shape index (κ3) is 3.18. The number of piperidine rings is 1. The molecule has 0 saturated carbocycles.